The molecule has 2 amide bonds. The van der Waals surface area contributed by atoms with Crippen LogP contribution in [0.3, 0.4) is 0 Å². The van der Waals surface area contributed by atoms with Crippen LogP contribution in [0.1, 0.15) is 40.3 Å². The van der Waals surface area contributed by atoms with Gasteiger partial charge in [-0.15, -0.1) is 0 Å². The number of piperazine rings is 1. The number of alkyl halides is 3. The molecule has 4 aromatic rings. The molecule has 1 unspecified atom stereocenters. The fourth-order valence-corrected chi connectivity index (χ4v) is 5.81. The first-order chi connectivity index (χ1) is 22.7. The molecule has 1 aliphatic heterocycles. The van der Waals surface area contributed by atoms with Crippen LogP contribution in [0.4, 0.5) is 13.2 Å². The standard InChI is InChI=1S/C39H40F3N3O2/c1-2-30-13-15-34(16-14-30)29-45(37(46)22-19-31-17-20-35(21-18-31)39(40,41)42)36(27-32-9-5-3-6-10-32)38(47)44-25-23-43(24-26-44)28-33-11-7-4-8-12-33/h3-22,36H,2,23-29H2,1H3. The van der Waals surface area contributed by atoms with Gasteiger partial charge < -0.3 is 9.80 Å². The second kappa shape index (κ2) is 15.7. The number of hydrogen-bond acceptors (Lipinski definition) is 3. The first-order valence-electron chi connectivity index (χ1n) is 16.0. The van der Waals surface area contributed by atoms with Crippen molar-refractivity contribution in [2.24, 2.45) is 0 Å². The molecule has 1 atom stereocenters. The van der Waals surface area contributed by atoms with Crippen LogP contribution < -0.4 is 0 Å². The van der Waals surface area contributed by atoms with Gasteiger partial charge >= 0.3 is 6.18 Å². The molecule has 0 spiro atoms. The van der Waals surface area contributed by atoms with Crippen LogP contribution in [0.5, 0.6) is 0 Å². The van der Waals surface area contributed by atoms with Gasteiger partial charge in [0.1, 0.15) is 6.04 Å². The van der Waals surface area contributed by atoms with E-state index in [1.807, 2.05) is 77.7 Å². The molecular formula is C39H40F3N3O2. The highest BCUT2D eigenvalue weighted by atomic mass is 19.4. The molecule has 0 saturated carbocycles. The summed E-state index contributed by atoms with van der Waals surface area (Å²) in [5, 5.41) is 0. The largest absolute Gasteiger partial charge is 0.416 e. The van der Waals surface area contributed by atoms with E-state index in [9.17, 15) is 22.8 Å². The first-order valence-corrected chi connectivity index (χ1v) is 16.0. The van der Waals surface area contributed by atoms with Crippen molar-refractivity contribution in [2.75, 3.05) is 26.2 Å². The summed E-state index contributed by atoms with van der Waals surface area (Å²) in [4.78, 5) is 34.2. The molecule has 1 aliphatic rings. The van der Waals surface area contributed by atoms with Gasteiger partial charge in [0.05, 0.1) is 5.56 Å². The minimum absolute atomic E-state index is 0.116. The summed E-state index contributed by atoms with van der Waals surface area (Å²) in [6, 6.07) is 31.8. The lowest BCUT2D eigenvalue weighted by atomic mass is 10.0. The van der Waals surface area contributed by atoms with Crippen LogP contribution >= 0.6 is 0 Å². The van der Waals surface area contributed by atoms with Gasteiger partial charge in [-0.2, -0.15) is 13.2 Å². The highest BCUT2D eigenvalue weighted by Gasteiger charge is 2.34. The van der Waals surface area contributed by atoms with E-state index < -0.39 is 17.8 Å². The molecule has 0 aromatic heterocycles. The number of carbonyl (C=O) groups excluding carboxylic acids is 2. The van der Waals surface area contributed by atoms with Gasteiger partial charge in [-0.25, -0.2) is 0 Å². The van der Waals surface area contributed by atoms with Gasteiger partial charge in [0.25, 0.3) is 0 Å². The van der Waals surface area contributed by atoms with E-state index in [1.54, 1.807) is 4.90 Å². The molecule has 0 aliphatic carbocycles. The molecule has 0 radical (unpaired) electrons. The number of aryl methyl sites for hydroxylation is 1. The van der Waals surface area contributed by atoms with Crippen molar-refractivity contribution in [3.63, 3.8) is 0 Å². The lowest BCUT2D eigenvalue weighted by molar-refractivity contribution is -0.145. The SMILES string of the molecule is CCc1ccc(CN(C(=O)C=Cc2ccc(C(F)(F)F)cc2)C(Cc2ccccc2)C(=O)N2CCN(Cc3ccccc3)CC2)cc1. The molecule has 0 bridgehead atoms. The van der Waals surface area contributed by atoms with Crippen LogP contribution in [-0.2, 0) is 41.7 Å². The summed E-state index contributed by atoms with van der Waals surface area (Å²) < 4.78 is 39.3. The average Bonchev–Trinajstić information content (AvgIpc) is 3.10. The Morgan fingerprint density at radius 2 is 1.32 bits per heavy atom. The van der Waals surface area contributed by atoms with E-state index in [1.165, 1.54) is 35.4 Å². The van der Waals surface area contributed by atoms with Crippen molar-refractivity contribution in [3.05, 3.63) is 149 Å². The fourth-order valence-electron chi connectivity index (χ4n) is 5.81. The number of rotatable bonds is 11. The Morgan fingerprint density at radius 3 is 1.89 bits per heavy atom. The van der Waals surface area contributed by atoms with Crippen molar-refractivity contribution in [3.8, 4) is 0 Å². The van der Waals surface area contributed by atoms with E-state index in [2.05, 4.69) is 24.0 Å². The lowest BCUT2D eigenvalue weighted by Crippen LogP contribution is -2.56. The predicted molar refractivity (Wildman–Crippen MR) is 179 cm³/mol. The van der Waals surface area contributed by atoms with Crippen molar-refractivity contribution in [1.82, 2.24) is 14.7 Å². The summed E-state index contributed by atoms with van der Waals surface area (Å²) >= 11 is 0. The maximum Gasteiger partial charge on any atom is 0.416 e. The summed E-state index contributed by atoms with van der Waals surface area (Å²) in [7, 11) is 0. The second-order valence-electron chi connectivity index (χ2n) is 11.9. The fraction of sp³-hybridized carbons (Fsp3) is 0.282. The molecular weight excluding hydrogens is 599 g/mol. The van der Waals surface area contributed by atoms with E-state index in [4.69, 9.17) is 0 Å². The van der Waals surface area contributed by atoms with Crippen LogP contribution in [0.2, 0.25) is 0 Å². The maximum absolute atomic E-state index is 14.4. The highest BCUT2D eigenvalue weighted by molar-refractivity contribution is 5.95. The first kappa shape index (κ1) is 33.7. The third kappa shape index (κ3) is 9.42. The van der Waals surface area contributed by atoms with Crippen molar-refractivity contribution in [1.29, 1.82) is 0 Å². The third-order valence-corrected chi connectivity index (χ3v) is 8.59. The smallest absolute Gasteiger partial charge is 0.338 e. The Bertz CT molecular complexity index is 1610. The van der Waals surface area contributed by atoms with Gasteiger partial charge in [0.15, 0.2) is 0 Å². The summed E-state index contributed by atoms with van der Waals surface area (Å²) in [5.41, 5.74) is 3.91. The molecule has 5 rings (SSSR count). The molecule has 5 nitrogen and oxygen atoms in total. The van der Waals surface area contributed by atoms with Gasteiger partial charge in [0.2, 0.25) is 11.8 Å². The van der Waals surface area contributed by atoms with E-state index in [-0.39, 0.29) is 18.4 Å². The summed E-state index contributed by atoms with van der Waals surface area (Å²) in [5.74, 6) is -0.504. The van der Waals surface area contributed by atoms with Gasteiger partial charge in [-0.3, -0.25) is 14.5 Å². The average molecular weight is 640 g/mol. The molecule has 0 N–H and O–H groups in total. The molecule has 47 heavy (non-hydrogen) atoms. The minimum Gasteiger partial charge on any atom is -0.338 e. The van der Waals surface area contributed by atoms with Crippen LogP contribution in [0.25, 0.3) is 6.08 Å². The highest BCUT2D eigenvalue weighted by Crippen LogP contribution is 2.29. The number of benzene rings is 4. The summed E-state index contributed by atoms with van der Waals surface area (Å²) in [6.07, 6.45) is -0.380. The molecule has 4 aromatic carbocycles. The predicted octanol–water partition coefficient (Wildman–Crippen LogP) is 7.27. The van der Waals surface area contributed by atoms with Gasteiger partial charge in [0, 0.05) is 51.8 Å². The van der Waals surface area contributed by atoms with E-state index in [0.717, 1.165) is 49.3 Å². The minimum atomic E-state index is -4.44. The number of amides is 2. The van der Waals surface area contributed by atoms with Crippen molar-refractivity contribution >= 4 is 17.9 Å². The Morgan fingerprint density at radius 1 is 0.745 bits per heavy atom. The Kier molecular flexibility index (Phi) is 11.3. The third-order valence-electron chi connectivity index (χ3n) is 8.59. The zero-order valence-corrected chi connectivity index (χ0v) is 26.6. The van der Waals surface area contributed by atoms with E-state index in [0.29, 0.717) is 25.1 Å². The number of hydrogen-bond donors (Lipinski definition) is 0. The van der Waals surface area contributed by atoms with Crippen molar-refractivity contribution < 1.29 is 22.8 Å². The molecule has 8 heteroatoms. The molecule has 1 heterocycles. The summed E-state index contributed by atoms with van der Waals surface area (Å²) in [6.45, 7) is 5.63. The molecule has 1 fully saturated rings. The van der Waals surface area contributed by atoms with Crippen LogP contribution in [-0.4, -0.2) is 58.7 Å². The van der Waals surface area contributed by atoms with Crippen LogP contribution in [0.15, 0.2) is 115 Å². The zero-order chi connectivity index (χ0) is 33.2. The number of nitrogens with zero attached hydrogens (tertiary/aromatic N) is 3. The second-order valence-corrected chi connectivity index (χ2v) is 11.9. The number of halogens is 3. The van der Waals surface area contributed by atoms with Crippen LogP contribution in [0, 0.1) is 0 Å². The van der Waals surface area contributed by atoms with Gasteiger partial charge in [-0.05, 0) is 52.4 Å². The Balaban J connectivity index is 1.41. The zero-order valence-electron chi connectivity index (χ0n) is 26.6. The normalized spacial score (nSPS) is 14.7. The molecule has 244 valence electrons. The van der Waals surface area contributed by atoms with Gasteiger partial charge in [-0.1, -0.05) is 104 Å². The monoisotopic (exact) mass is 639 g/mol. The van der Waals surface area contributed by atoms with Crippen molar-refractivity contribution in [2.45, 2.75) is 45.1 Å². The topological polar surface area (TPSA) is 43.9 Å². The number of carbonyl (C=O) groups is 2. The Labute approximate surface area is 274 Å². The maximum atomic E-state index is 14.4. The Hall–Kier alpha value is -4.69. The quantitative estimate of drug-likeness (QED) is 0.162. The van der Waals surface area contributed by atoms with E-state index >= 15 is 0 Å². The lowest BCUT2D eigenvalue weighted by Gasteiger charge is -2.39. The molecule has 1 saturated heterocycles.